The normalized spacial score (nSPS) is 11.0. The molecule has 0 saturated heterocycles. The maximum absolute atomic E-state index is 13.3. The van der Waals surface area contributed by atoms with Gasteiger partial charge in [-0.25, -0.2) is 8.78 Å². The monoisotopic (exact) mass is 437 g/mol. The number of hydrogen-bond donors (Lipinski definition) is 0. The summed E-state index contributed by atoms with van der Waals surface area (Å²) in [5.74, 6) is -0.736. The van der Waals surface area contributed by atoms with Crippen molar-refractivity contribution >= 4 is 5.91 Å². The van der Waals surface area contributed by atoms with Crippen molar-refractivity contribution in [3.63, 3.8) is 0 Å². The minimum atomic E-state index is -0.670. The van der Waals surface area contributed by atoms with Gasteiger partial charge in [-0.1, -0.05) is 11.6 Å². The van der Waals surface area contributed by atoms with Gasteiger partial charge in [-0.2, -0.15) is 20.1 Å². The smallest absolute Gasteiger partial charge is 0.256 e. The number of hydrogen-bond acceptors (Lipinski definition) is 5. The second-order valence-corrected chi connectivity index (χ2v) is 7.15. The number of pyridine rings is 1. The van der Waals surface area contributed by atoms with E-state index in [0.717, 1.165) is 11.8 Å². The van der Waals surface area contributed by atoms with Crippen LogP contribution in [0.25, 0.3) is 17.1 Å². The van der Waals surface area contributed by atoms with E-state index in [1.807, 2.05) is 13.0 Å². The highest BCUT2D eigenvalue weighted by Gasteiger charge is 2.21. The largest absolute Gasteiger partial charge is 0.334 e. The first-order chi connectivity index (χ1) is 15.5. The maximum atomic E-state index is 13.3. The Balaban J connectivity index is 1.52. The van der Waals surface area contributed by atoms with Crippen LogP contribution >= 0.6 is 0 Å². The van der Waals surface area contributed by atoms with Gasteiger partial charge in [0, 0.05) is 19.3 Å². The highest BCUT2D eigenvalue weighted by Crippen LogP contribution is 2.18. The number of aromatic nitrogens is 6. The first kappa shape index (κ1) is 21.3. The van der Waals surface area contributed by atoms with E-state index in [2.05, 4.69) is 20.3 Å². The SMILES string of the molecule is Cc1ccc(-n2nccn2)c(C(=O)N(CCF)CCn2ccc(-c3ccc(F)cn3)n2)c1. The summed E-state index contributed by atoms with van der Waals surface area (Å²) in [5, 5.41) is 12.6. The maximum Gasteiger partial charge on any atom is 0.256 e. The molecule has 0 fully saturated rings. The van der Waals surface area contributed by atoms with Crippen molar-refractivity contribution in [2.45, 2.75) is 13.5 Å². The zero-order valence-corrected chi connectivity index (χ0v) is 17.4. The summed E-state index contributed by atoms with van der Waals surface area (Å²) in [4.78, 5) is 20.1. The van der Waals surface area contributed by atoms with Crippen LogP contribution in [0.15, 0.2) is 61.2 Å². The van der Waals surface area contributed by atoms with Gasteiger partial charge in [-0.05, 0) is 37.3 Å². The topological polar surface area (TPSA) is 81.7 Å². The highest BCUT2D eigenvalue weighted by atomic mass is 19.1. The van der Waals surface area contributed by atoms with E-state index in [1.54, 1.807) is 35.1 Å². The standard InChI is InChI=1S/C22H21F2N7O/c1-16-2-5-21(31-26-8-9-27-31)18(14-16)22(32)29(11-7-23)12-13-30-10-6-20(28-30)19-4-3-17(24)15-25-19/h2-6,8-10,14-15H,7,11-13H2,1H3. The Hall–Kier alpha value is -3.95. The summed E-state index contributed by atoms with van der Waals surface area (Å²) in [6.07, 6.45) is 5.92. The summed E-state index contributed by atoms with van der Waals surface area (Å²) in [5.41, 5.74) is 2.94. The van der Waals surface area contributed by atoms with Crippen LogP contribution in [0.3, 0.4) is 0 Å². The molecule has 0 atom stereocenters. The number of nitrogens with zero attached hydrogens (tertiary/aromatic N) is 7. The van der Waals surface area contributed by atoms with Crippen LogP contribution in [0.2, 0.25) is 0 Å². The summed E-state index contributed by atoms with van der Waals surface area (Å²) in [7, 11) is 0. The van der Waals surface area contributed by atoms with Gasteiger partial charge < -0.3 is 4.90 Å². The van der Waals surface area contributed by atoms with Gasteiger partial charge in [0.05, 0.1) is 42.1 Å². The molecule has 0 bridgehead atoms. The van der Waals surface area contributed by atoms with Crippen molar-refractivity contribution in [2.75, 3.05) is 19.8 Å². The number of aryl methyl sites for hydroxylation is 1. The third kappa shape index (κ3) is 4.69. The van der Waals surface area contributed by atoms with E-state index >= 15 is 0 Å². The van der Waals surface area contributed by atoms with E-state index in [1.165, 1.54) is 28.2 Å². The minimum absolute atomic E-state index is 0.0492. The van der Waals surface area contributed by atoms with Crippen LogP contribution in [-0.4, -0.2) is 60.3 Å². The lowest BCUT2D eigenvalue weighted by Crippen LogP contribution is -2.36. The molecule has 0 aliphatic heterocycles. The molecular weight excluding hydrogens is 416 g/mol. The van der Waals surface area contributed by atoms with E-state index in [-0.39, 0.29) is 19.0 Å². The van der Waals surface area contributed by atoms with Gasteiger partial charge in [0.25, 0.3) is 5.91 Å². The zero-order valence-electron chi connectivity index (χ0n) is 17.4. The number of amides is 1. The third-order valence-corrected chi connectivity index (χ3v) is 4.89. The fourth-order valence-corrected chi connectivity index (χ4v) is 3.30. The fraction of sp³-hybridized carbons (Fsp3) is 0.227. The Bertz CT molecular complexity index is 1190. The molecule has 1 aromatic carbocycles. The number of benzene rings is 1. The molecule has 3 heterocycles. The molecule has 0 saturated carbocycles. The van der Waals surface area contributed by atoms with Crippen LogP contribution in [0, 0.1) is 12.7 Å². The molecule has 10 heteroatoms. The van der Waals surface area contributed by atoms with Crippen molar-refractivity contribution in [3.05, 3.63) is 78.1 Å². The molecule has 0 radical (unpaired) electrons. The number of carbonyl (C=O) groups excluding carboxylic acids is 1. The van der Waals surface area contributed by atoms with Gasteiger partial charge in [-0.15, -0.1) is 0 Å². The van der Waals surface area contributed by atoms with Crippen LogP contribution in [0.5, 0.6) is 0 Å². The first-order valence-electron chi connectivity index (χ1n) is 10.0. The molecule has 164 valence electrons. The quantitative estimate of drug-likeness (QED) is 0.423. The number of halogens is 2. The van der Waals surface area contributed by atoms with Gasteiger partial charge in [-0.3, -0.25) is 14.5 Å². The number of alkyl halides is 1. The molecule has 0 aliphatic rings. The minimum Gasteiger partial charge on any atom is -0.334 e. The van der Waals surface area contributed by atoms with Gasteiger partial charge >= 0.3 is 0 Å². The second kappa shape index (κ2) is 9.46. The molecule has 32 heavy (non-hydrogen) atoms. The van der Waals surface area contributed by atoms with Crippen LogP contribution in [0.4, 0.5) is 8.78 Å². The Morgan fingerprint density at radius 2 is 1.88 bits per heavy atom. The molecule has 0 spiro atoms. The average Bonchev–Trinajstić information content (AvgIpc) is 3.49. The Kier molecular flexibility index (Phi) is 6.29. The molecule has 4 aromatic rings. The van der Waals surface area contributed by atoms with Crippen molar-refractivity contribution in [1.82, 2.24) is 34.7 Å². The van der Waals surface area contributed by atoms with Crippen molar-refractivity contribution in [3.8, 4) is 17.1 Å². The van der Waals surface area contributed by atoms with E-state index < -0.39 is 12.5 Å². The predicted molar refractivity (Wildman–Crippen MR) is 113 cm³/mol. The summed E-state index contributed by atoms with van der Waals surface area (Å²) >= 11 is 0. The molecule has 1 amide bonds. The second-order valence-electron chi connectivity index (χ2n) is 7.15. The van der Waals surface area contributed by atoms with E-state index in [0.29, 0.717) is 29.2 Å². The van der Waals surface area contributed by atoms with Crippen molar-refractivity contribution < 1.29 is 13.6 Å². The van der Waals surface area contributed by atoms with Gasteiger partial charge in [0.1, 0.15) is 18.2 Å². The Morgan fingerprint density at radius 3 is 2.59 bits per heavy atom. The molecular formula is C22H21F2N7O. The summed E-state index contributed by atoms with van der Waals surface area (Å²) in [6.45, 7) is 1.77. The van der Waals surface area contributed by atoms with Crippen LogP contribution in [0.1, 0.15) is 15.9 Å². The van der Waals surface area contributed by atoms with Crippen LogP contribution in [-0.2, 0) is 6.54 Å². The summed E-state index contributed by atoms with van der Waals surface area (Å²) in [6, 6.07) is 10.00. The summed E-state index contributed by atoms with van der Waals surface area (Å²) < 4.78 is 28.0. The van der Waals surface area contributed by atoms with E-state index in [4.69, 9.17) is 0 Å². The average molecular weight is 437 g/mol. The van der Waals surface area contributed by atoms with Crippen molar-refractivity contribution in [2.24, 2.45) is 0 Å². The van der Waals surface area contributed by atoms with Crippen LogP contribution < -0.4 is 0 Å². The Morgan fingerprint density at radius 1 is 1.06 bits per heavy atom. The lowest BCUT2D eigenvalue weighted by Gasteiger charge is -2.23. The van der Waals surface area contributed by atoms with Crippen molar-refractivity contribution in [1.29, 1.82) is 0 Å². The number of rotatable bonds is 8. The third-order valence-electron chi connectivity index (χ3n) is 4.89. The fourth-order valence-electron chi connectivity index (χ4n) is 3.30. The molecule has 4 rings (SSSR count). The molecule has 3 aromatic heterocycles. The van der Waals surface area contributed by atoms with Gasteiger partial charge in [0.15, 0.2) is 0 Å². The first-order valence-corrected chi connectivity index (χ1v) is 10.0. The lowest BCUT2D eigenvalue weighted by atomic mass is 10.1. The number of carbonyl (C=O) groups is 1. The zero-order chi connectivity index (χ0) is 22.5. The lowest BCUT2D eigenvalue weighted by molar-refractivity contribution is 0.0736. The predicted octanol–water partition coefficient (Wildman–Crippen LogP) is 3.09. The molecule has 0 aliphatic carbocycles. The molecule has 8 nitrogen and oxygen atoms in total. The molecule has 0 N–H and O–H groups in total. The highest BCUT2D eigenvalue weighted by molar-refractivity contribution is 5.98. The molecule has 0 unspecified atom stereocenters. The van der Waals surface area contributed by atoms with Gasteiger partial charge in [0.2, 0.25) is 0 Å². The Labute approximate surface area is 183 Å². The van der Waals surface area contributed by atoms with E-state index in [9.17, 15) is 13.6 Å².